The van der Waals surface area contributed by atoms with Crippen molar-refractivity contribution in [3.63, 3.8) is 0 Å². The van der Waals surface area contributed by atoms with Crippen LogP contribution in [0.1, 0.15) is 39.2 Å². The number of ether oxygens (including phenoxy) is 2. The SMILES string of the molecule is CC[C@H](CCN(CC)CC)OC(=O)NCc1cccc(NC(=O)Nc2ccc(-c3cnco3)c(OC)c2)c1. The number of anilines is 2. The third kappa shape index (κ3) is 8.52. The molecule has 0 spiro atoms. The summed E-state index contributed by atoms with van der Waals surface area (Å²) in [4.78, 5) is 31.2. The van der Waals surface area contributed by atoms with Crippen molar-refractivity contribution in [1.82, 2.24) is 15.2 Å². The van der Waals surface area contributed by atoms with E-state index in [1.54, 1.807) is 43.6 Å². The fourth-order valence-corrected chi connectivity index (χ4v) is 3.95. The Morgan fingerprint density at radius 3 is 2.47 bits per heavy atom. The molecule has 0 saturated carbocycles. The van der Waals surface area contributed by atoms with E-state index >= 15 is 0 Å². The Morgan fingerprint density at radius 2 is 1.82 bits per heavy atom. The van der Waals surface area contributed by atoms with Crippen LogP contribution in [0.2, 0.25) is 0 Å². The molecule has 0 saturated heterocycles. The highest BCUT2D eigenvalue weighted by atomic mass is 16.6. The largest absolute Gasteiger partial charge is 0.496 e. The molecule has 10 nitrogen and oxygen atoms in total. The summed E-state index contributed by atoms with van der Waals surface area (Å²) in [7, 11) is 1.54. The number of alkyl carbamates (subject to hydrolysis) is 1. The van der Waals surface area contributed by atoms with Gasteiger partial charge >= 0.3 is 12.1 Å². The third-order valence-electron chi connectivity index (χ3n) is 6.17. The fraction of sp³-hybridized carbons (Fsp3) is 0.393. The monoisotopic (exact) mass is 523 g/mol. The van der Waals surface area contributed by atoms with Crippen LogP contribution in [0.25, 0.3) is 11.3 Å². The summed E-state index contributed by atoms with van der Waals surface area (Å²) in [6.07, 6.45) is 3.92. The number of aromatic nitrogens is 1. The van der Waals surface area contributed by atoms with Gasteiger partial charge < -0.3 is 34.7 Å². The average molecular weight is 524 g/mol. The molecule has 0 aliphatic carbocycles. The molecule has 38 heavy (non-hydrogen) atoms. The number of hydrogen-bond acceptors (Lipinski definition) is 7. The number of methoxy groups -OCH3 is 1. The van der Waals surface area contributed by atoms with Gasteiger partial charge in [0.2, 0.25) is 0 Å². The molecule has 1 atom stereocenters. The number of hydrogen-bond donors (Lipinski definition) is 3. The molecule has 0 aliphatic heterocycles. The Labute approximate surface area is 223 Å². The van der Waals surface area contributed by atoms with Crippen molar-refractivity contribution in [2.24, 2.45) is 0 Å². The molecule has 10 heteroatoms. The van der Waals surface area contributed by atoms with Crippen molar-refractivity contribution in [1.29, 1.82) is 0 Å². The second kappa shape index (κ2) is 14.6. The molecule has 204 valence electrons. The fourth-order valence-electron chi connectivity index (χ4n) is 3.95. The van der Waals surface area contributed by atoms with Gasteiger partial charge in [0.05, 0.1) is 18.9 Å². The number of carbonyl (C=O) groups is 2. The van der Waals surface area contributed by atoms with Crippen molar-refractivity contribution in [2.75, 3.05) is 37.4 Å². The molecular weight excluding hydrogens is 486 g/mol. The molecule has 1 heterocycles. The number of amides is 3. The second-order valence-electron chi connectivity index (χ2n) is 8.66. The van der Waals surface area contributed by atoms with Crippen LogP contribution in [0.4, 0.5) is 21.0 Å². The minimum absolute atomic E-state index is 0.129. The molecule has 0 fully saturated rings. The van der Waals surface area contributed by atoms with Crippen molar-refractivity contribution in [2.45, 2.75) is 46.3 Å². The molecular formula is C28H37N5O5. The van der Waals surface area contributed by atoms with Gasteiger partial charge in [-0.3, -0.25) is 0 Å². The van der Waals surface area contributed by atoms with E-state index in [1.807, 2.05) is 19.1 Å². The predicted octanol–water partition coefficient (Wildman–Crippen LogP) is 5.73. The zero-order valence-electron chi connectivity index (χ0n) is 22.5. The minimum atomic E-state index is -0.449. The van der Waals surface area contributed by atoms with Crippen molar-refractivity contribution >= 4 is 23.5 Å². The molecule has 3 aromatic rings. The summed E-state index contributed by atoms with van der Waals surface area (Å²) in [6.45, 7) is 9.40. The first-order chi connectivity index (χ1) is 18.4. The molecule has 3 rings (SSSR count). The molecule has 3 N–H and O–H groups in total. The Balaban J connectivity index is 1.50. The Kier molecular flexibility index (Phi) is 11.0. The standard InChI is InChI=1S/C28H37N5O5/c1-5-23(13-14-33(6-2)7-3)38-28(35)30-17-20-9-8-10-21(15-20)31-27(34)32-22-11-12-24(25(16-22)36-4)26-18-29-19-37-26/h8-12,15-16,18-19,23H,5-7,13-14,17H2,1-4H3,(H,30,35)(H2,31,32,34)/t23-/m1/s1. The lowest BCUT2D eigenvalue weighted by Gasteiger charge is -2.22. The van der Waals surface area contributed by atoms with Crippen LogP contribution < -0.4 is 20.7 Å². The van der Waals surface area contributed by atoms with Crippen LogP contribution >= 0.6 is 0 Å². The maximum absolute atomic E-state index is 12.6. The van der Waals surface area contributed by atoms with Gasteiger partial charge in [0.15, 0.2) is 12.2 Å². The molecule has 3 amide bonds. The molecule has 0 bridgehead atoms. The molecule has 0 aliphatic rings. The van der Waals surface area contributed by atoms with Crippen LogP contribution in [-0.4, -0.2) is 54.9 Å². The average Bonchev–Trinajstić information content (AvgIpc) is 3.46. The van der Waals surface area contributed by atoms with Crippen LogP contribution in [0, 0.1) is 0 Å². The summed E-state index contributed by atoms with van der Waals surface area (Å²) >= 11 is 0. The summed E-state index contributed by atoms with van der Waals surface area (Å²) in [6, 6.07) is 12.1. The molecule has 2 aromatic carbocycles. The van der Waals surface area contributed by atoms with Gasteiger partial charge in [0.1, 0.15) is 11.9 Å². The van der Waals surface area contributed by atoms with E-state index in [9.17, 15) is 9.59 Å². The van der Waals surface area contributed by atoms with Gasteiger partial charge in [0.25, 0.3) is 0 Å². The number of carbonyl (C=O) groups excluding carboxylic acids is 2. The quantitative estimate of drug-likeness (QED) is 0.262. The summed E-state index contributed by atoms with van der Waals surface area (Å²) in [5.41, 5.74) is 2.69. The Morgan fingerprint density at radius 1 is 1.05 bits per heavy atom. The first kappa shape index (κ1) is 28.5. The molecule has 0 unspecified atom stereocenters. The van der Waals surface area contributed by atoms with E-state index in [2.05, 4.69) is 39.7 Å². The highest BCUT2D eigenvalue weighted by molar-refractivity contribution is 6.00. The third-order valence-corrected chi connectivity index (χ3v) is 6.17. The van der Waals surface area contributed by atoms with E-state index in [4.69, 9.17) is 13.9 Å². The van der Waals surface area contributed by atoms with E-state index in [0.717, 1.165) is 43.6 Å². The lowest BCUT2D eigenvalue weighted by atomic mass is 10.1. The maximum Gasteiger partial charge on any atom is 0.407 e. The molecule has 1 aromatic heterocycles. The van der Waals surface area contributed by atoms with Gasteiger partial charge in [-0.25, -0.2) is 14.6 Å². The number of urea groups is 1. The lowest BCUT2D eigenvalue weighted by Crippen LogP contribution is -2.32. The normalized spacial score (nSPS) is 11.6. The highest BCUT2D eigenvalue weighted by Crippen LogP contribution is 2.32. The van der Waals surface area contributed by atoms with Crippen LogP contribution in [0.15, 0.2) is 59.5 Å². The number of nitrogens with one attached hydrogen (secondary N) is 3. The van der Waals surface area contributed by atoms with Crippen LogP contribution in [0.5, 0.6) is 5.75 Å². The van der Waals surface area contributed by atoms with Crippen molar-refractivity contribution in [3.05, 3.63) is 60.6 Å². The van der Waals surface area contributed by atoms with E-state index in [0.29, 0.717) is 22.9 Å². The summed E-state index contributed by atoms with van der Waals surface area (Å²) in [5, 5.41) is 8.40. The van der Waals surface area contributed by atoms with Gasteiger partial charge in [-0.15, -0.1) is 0 Å². The van der Waals surface area contributed by atoms with E-state index in [-0.39, 0.29) is 12.6 Å². The van der Waals surface area contributed by atoms with Gasteiger partial charge in [0, 0.05) is 30.5 Å². The molecule has 0 radical (unpaired) electrons. The number of nitrogens with zero attached hydrogens (tertiary/aromatic N) is 2. The van der Waals surface area contributed by atoms with Crippen molar-refractivity contribution in [3.8, 4) is 17.1 Å². The zero-order chi connectivity index (χ0) is 27.3. The Bertz CT molecular complexity index is 1160. The maximum atomic E-state index is 12.6. The lowest BCUT2D eigenvalue weighted by molar-refractivity contribution is 0.0825. The van der Waals surface area contributed by atoms with Gasteiger partial charge in [-0.05, 0) is 55.8 Å². The smallest absolute Gasteiger partial charge is 0.407 e. The topological polar surface area (TPSA) is 118 Å². The summed E-state index contributed by atoms with van der Waals surface area (Å²) in [5.74, 6) is 1.11. The number of benzene rings is 2. The number of rotatable bonds is 13. The van der Waals surface area contributed by atoms with Gasteiger partial charge in [-0.1, -0.05) is 32.9 Å². The summed E-state index contributed by atoms with van der Waals surface area (Å²) < 4.78 is 16.4. The number of oxazole rings is 1. The van der Waals surface area contributed by atoms with Gasteiger partial charge in [-0.2, -0.15) is 0 Å². The minimum Gasteiger partial charge on any atom is -0.496 e. The van der Waals surface area contributed by atoms with Crippen LogP contribution in [0.3, 0.4) is 0 Å². The van der Waals surface area contributed by atoms with Crippen molar-refractivity contribution < 1.29 is 23.5 Å². The van der Waals surface area contributed by atoms with E-state index in [1.165, 1.54) is 6.39 Å². The van der Waals surface area contributed by atoms with Crippen LogP contribution in [-0.2, 0) is 11.3 Å². The van der Waals surface area contributed by atoms with E-state index < -0.39 is 12.1 Å². The predicted molar refractivity (Wildman–Crippen MR) is 147 cm³/mol. The zero-order valence-corrected chi connectivity index (χ0v) is 22.5. The highest BCUT2D eigenvalue weighted by Gasteiger charge is 2.14. The second-order valence-corrected chi connectivity index (χ2v) is 8.66. The Hall–Kier alpha value is -4.05. The first-order valence-electron chi connectivity index (χ1n) is 12.9. The first-order valence-corrected chi connectivity index (χ1v) is 12.9.